The first-order valence-electron chi connectivity index (χ1n) is 10.5. The molecule has 1 saturated heterocycles. The summed E-state index contributed by atoms with van der Waals surface area (Å²) in [5, 5.41) is 5.23. The Kier molecular flexibility index (Phi) is 7.46. The molecule has 2 aromatic carbocycles. The van der Waals surface area contributed by atoms with Gasteiger partial charge in [0.25, 0.3) is 0 Å². The lowest BCUT2D eigenvalue weighted by Gasteiger charge is -2.34. The lowest BCUT2D eigenvalue weighted by molar-refractivity contribution is -0.136. The number of anilines is 1. The van der Waals surface area contributed by atoms with E-state index in [1.54, 1.807) is 42.5 Å². The predicted molar refractivity (Wildman–Crippen MR) is 120 cm³/mol. The Morgan fingerprint density at radius 3 is 2.35 bits per heavy atom. The summed E-state index contributed by atoms with van der Waals surface area (Å²) in [6, 6.07) is 13.8. The minimum atomic E-state index is -3.59. The maximum atomic E-state index is 13.0. The Balaban J connectivity index is 1.56. The molecule has 1 atom stereocenters. The van der Waals surface area contributed by atoms with Gasteiger partial charge < -0.3 is 10.6 Å². The number of nitrogens with zero attached hydrogens (tertiary/aromatic N) is 1. The fourth-order valence-electron chi connectivity index (χ4n) is 3.97. The number of carbonyl (C=O) groups excluding carboxylic acids is 2. The number of nitrogens with one attached hydrogen (secondary N) is 2. The number of sulfonamides is 1. The minimum absolute atomic E-state index is 0.207. The molecule has 1 aliphatic rings. The van der Waals surface area contributed by atoms with E-state index in [0.29, 0.717) is 18.7 Å². The van der Waals surface area contributed by atoms with Gasteiger partial charge in [-0.05, 0) is 68.5 Å². The summed E-state index contributed by atoms with van der Waals surface area (Å²) in [6.07, 6.45) is 2.94. The van der Waals surface area contributed by atoms with Crippen LogP contribution in [0.15, 0.2) is 53.4 Å². The van der Waals surface area contributed by atoms with Gasteiger partial charge in [-0.15, -0.1) is 0 Å². The number of piperidine rings is 1. The molecule has 0 spiro atoms. The van der Waals surface area contributed by atoms with Gasteiger partial charge in [-0.2, -0.15) is 4.31 Å². The molecule has 166 valence electrons. The number of hydrogen-bond acceptors (Lipinski definition) is 4. The van der Waals surface area contributed by atoms with Crippen LogP contribution in [0.1, 0.15) is 36.8 Å². The maximum Gasteiger partial charge on any atom is 0.313 e. The number of hydrogen-bond donors (Lipinski definition) is 2. The van der Waals surface area contributed by atoms with Crippen molar-refractivity contribution in [2.24, 2.45) is 0 Å². The second-order valence-corrected chi connectivity index (χ2v) is 9.84. The third kappa shape index (κ3) is 5.92. The largest absolute Gasteiger partial charge is 0.348 e. The van der Waals surface area contributed by atoms with Gasteiger partial charge >= 0.3 is 11.8 Å². The SMILES string of the molecule is Cc1cc(C)cc(NC(=O)C(=O)NCC[C@@H]2CCCCN2S(=O)(=O)c2ccccc2)c1. The summed E-state index contributed by atoms with van der Waals surface area (Å²) in [5.41, 5.74) is 2.56. The average molecular weight is 444 g/mol. The van der Waals surface area contributed by atoms with E-state index in [1.165, 1.54) is 4.31 Å². The summed E-state index contributed by atoms with van der Waals surface area (Å²) < 4.78 is 27.6. The van der Waals surface area contributed by atoms with E-state index in [0.717, 1.165) is 30.4 Å². The molecule has 31 heavy (non-hydrogen) atoms. The van der Waals surface area contributed by atoms with Gasteiger partial charge in [0.05, 0.1) is 4.90 Å². The Morgan fingerprint density at radius 2 is 1.68 bits per heavy atom. The van der Waals surface area contributed by atoms with E-state index >= 15 is 0 Å². The highest BCUT2D eigenvalue weighted by molar-refractivity contribution is 7.89. The molecule has 0 bridgehead atoms. The normalized spacial score (nSPS) is 17.2. The van der Waals surface area contributed by atoms with Crippen molar-refractivity contribution in [2.75, 3.05) is 18.4 Å². The van der Waals surface area contributed by atoms with Crippen molar-refractivity contribution >= 4 is 27.5 Å². The summed E-state index contributed by atoms with van der Waals surface area (Å²) in [6.45, 7) is 4.53. The number of benzene rings is 2. The van der Waals surface area contributed by atoms with Crippen molar-refractivity contribution in [1.82, 2.24) is 9.62 Å². The van der Waals surface area contributed by atoms with Crippen molar-refractivity contribution in [3.63, 3.8) is 0 Å². The van der Waals surface area contributed by atoms with E-state index < -0.39 is 21.8 Å². The topological polar surface area (TPSA) is 95.6 Å². The molecule has 0 saturated carbocycles. The highest BCUT2D eigenvalue weighted by Crippen LogP contribution is 2.26. The Bertz CT molecular complexity index is 1020. The molecule has 1 fully saturated rings. The zero-order valence-corrected chi connectivity index (χ0v) is 18.7. The van der Waals surface area contributed by atoms with E-state index in [2.05, 4.69) is 10.6 Å². The molecule has 0 radical (unpaired) electrons. The number of rotatable bonds is 6. The molecular formula is C23H29N3O4S. The van der Waals surface area contributed by atoms with Crippen LogP contribution in [0.25, 0.3) is 0 Å². The van der Waals surface area contributed by atoms with Crippen LogP contribution in [-0.2, 0) is 19.6 Å². The summed E-state index contributed by atoms with van der Waals surface area (Å²) in [4.78, 5) is 24.7. The monoisotopic (exact) mass is 443 g/mol. The maximum absolute atomic E-state index is 13.0. The highest BCUT2D eigenvalue weighted by Gasteiger charge is 2.33. The van der Waals surface area contributed by atoms with Gasteiger partial charge in [-0.25, -0.2) is 8.42 Å². The average Bonchev–Trinajstić information content (AvgIpc) is 2.73. The van der Waals surface area contributed by atoms with E-state index in [1.807, 2.05) is 19.9 Å². The summed E-state index contributed by atoms with van der Waals surface area (Å²) in [5.74, 6) is -1.46. The lowest BCUT2D eigenvalue weighted by Crippen LogP contribution is -2.45. The van der Waals surface area contributed by atoms with Gasteiger partial charge in [0, 0.05) is 24.8 Å². The predicted octanol–water partition coefficient (Wildman–Crippen LogP) is 2.99. The second-order valence-electron chi connectivity index (χ2n) is 7.95. The van der Waals surface area contributed by atoms with Crippen LogP contribution in [0.5, 0.6) is 0 Å². The molecule has 0 aromatic heterocycles. The van der Waals surface area contributed by atoms with E-state index in [4.69, 9.17) is 0 Å². The number of carbonyl (C=O) groups is 2. The fraction of sp³-hybridized carbons (Fsp3) is 0.391. The van der Waals surface area contributed by atoms with Crippen LogP contribution < -0.4 is 10.6 Å². The van der Waals surface area contributed by atoms with Crippen LogP contribution in [0.2, 0.25) is 0 Å². The smallest absolute Gasteiger partial charge is 0.313 e. The molecular weight excluding hydrogens is 414 g/mol. The Labute approximate surface area is 183 Å². The minimum Gasteiger partial charge on any atom is -0.348 e. The second kappa shape index (κ2) is 10.1. The van der Waals surface area contributed by atoms with Crippen molar-refractivity contribution in [1.29, 1.82) is 0 Å². The van der Waals surface area contributed by atoms with Crippen LogP contribution >= 0.6 is 0 Å². The molecule has 3 rings (SSSR count). The standard InChI is InChI=1S/C23H29N3O4S/c1-17-14-18(2)16-19(15-17)25-23(28)22(27)24-12-11-20-8-6-7-13-26(20)31(29,30)21-9-4-3-5-10-21/h3-5,9-10,14-16,20H,6-8,11-13H2,1-2H3,(H,24,27)(H,25,28)/t20-/m0/s1. The molecule has 0 unspecified atom stereocenters. The van der Waals surface area contributed by atoms with Crippen LogP contribution in [0, 0.1) is 13.8 Å². The van der Waals surface area contributed by atoms with Crippen LogP contribution in [-0.4, -0.2) is 43.7 Å². The molecule has 1 aliphatic heterocycles. The van der Waals surface area contributed by atoms with E-state index in [9.17, 15) is 18.0 Å². The Hall–Kier alpha value is -2.71. The van der Waals surface area contributed by atoms with Crippen molar-refractivity contribution in [3.8, 4) is 0 Å². The van der Waals surface area contributed by atoms with Crippen LogP contribution in [0.4, 0.5) is 5.69 Å². The molecule has 8 heteroatoms. The first kappa shape index (κ1) is 23.0. The van der Waals surface area contributed by atoms with E-state index in [-0.39, 0.29) is 17.5 Å². The number of amides is 2. The first-order chi connectivity index (χ1) is 14.8. The lowest BCUT2D eigenvalue weighted by atomic mass is 10.0. The molecule has 2 aromatic rings. The Morgan fingerprint density at radius 1 is 1.00 bits per heavy atom. The van der Waals surface area contributed by atoms with Gasteiger partial charge in [-0.1, -0.05) is 30.7 Å². The van der Waals surface area contributed by atoms with Gasteiger partial charge in [0.15, 0.2) is 0 Å². The third-order valence-electron chi connectivity index (χ3n) is 5.37. The third-order valence-corrected chi connectivity index (χ3v) is 7.34. The summed E-state index contributed by atoms with van der Waals surface area (Å²) >= 11 is 0. The van der Waals surface area contributed by atoms with Gasteiger partial charge in [-0.3, -0.25) is 9.59 Å². The van der Waals surface area contributed by atoms with Gasteiger partial charge in [0.1, 0.15) is 0 Å². The highest BCUT2D eigenvalue weighted by atomic mass is 32.2. The fourth-order valence-corrected chi connectivity index (χ4v) is 5.72. The molecule has 2 N–H and O–H groups in total. The molecule has 0 aliphatic carbocycles. The van der Waals surface area contributed by atoms with Crippen molar-refractivity contribution in [3.05, 3.63) is 59.7 Å². The summed E-state index contributed by atoms with van der Waals surface area (Å²) in [7, 11) is -3.59. The molecule has 2 amide bonds. The first-order valence-corrected chi connectivity index (χ1v) is 12.0. The zero-order chi connectivity index (χ0) is 22.4. The van der Waals surface area contributed by atoms with Crippen molar-refractivity contribution in [2.45, 2.75) is 50.5 Å². The van der Waals surface area contributed by atoms with Crippen molar-refractivity contribution < 1.29 is 18.0 Å². The van der Waals surface area contributed by atoms with Gasteiger partial charge in [0.2, 0.25) is 10.0 Å². The zero-order valence-electron chi connectivity index (χ0n) is 17.9. The quantitative estimate of drug-likeness (QED) is 0.671. The molecule has 7 nitrogen and oxygen atoms in total. The van der Waals surface area contributed by atoms with Crippen LogP contribution in [0.3, 0.4) is 0 Å². The molecule has 1 heterocycles. The number of aryl methyl sites for hydroxylation is 2.